The van der Waals surface area contributed by atoms with Gasteiger partial charge in [-0.1, -0.05) is 6.07 Å². The molecule has 0 saturated heterocycles. The van der Waals surface area contributed by atoms with Gasteiger partial charge in [0.05, 0.1) is 19.8 Å². The van der Waals surface area contributed by atoms with Crippen LogP contribution in [0.2, 0.25) is 0 Å². The van der Waals surface area contributed by atoms with Crippen LogP contribution >= 0.6 is 35.3 Å². The first kappa shape index (κ1) is 25.5. The average Bonchev–Trinajstić information content (AvgIpc) is 3.40. The quantitative estimate of drug-likeness (QED) is 0.280. The number of halogens is 4. The summed E-state index contributed by atoms with van der Waals surface area (Å²) in [7, 11) is 3.20. The van der Waals surface area contributed by atoms with E-state index in [0.717, 1.165) is 40.9 Å². The second-order valence-electron chi connectivity index (χ2n) is 6.91. The Balaban J connectivity index is 0.00000341. The molecule has 1 aromatic carbocycles. The van der Waals surface area contributed by atoms with Crippen molar-refractivity contribution in [2.45, 2.75) is 51.1 Å². The number of methoxy groups -OCH3 is 1. The van der Waals surface area contributed by atoms with Crippen LogP contribution in [0.5, 0.6) is 11.5 Å². The van der Waals surface area contributed by atoms with E-state index in [2.05, 4.69) is 20.6 Å². The van der Waals surface area contributed by atoms with Gasteiger partial charge in [0, 0.05) is 19.0 Å². The van der Waals surface area contributed by atoms with E-state index in [-0.39, 0.29) is 36.6 Å². The predicted octanol–water partition coefficient (Wildman–Crippen LogP) is 4.98. The maximum Gasteiger partial charge on any atom is 0.434 e. The molecule has 1 saturated carbocycles. The number of rotatable bonds is 7. The predicted molar refractivity (Wildman–Crippen MR) is 125 cm³/mol. The molecule has 11 heteroatoms. The molecule has 1 aliphatic rings. The molecular weight excluding hydrogens is 544 g/mol. The summed E-state index contributed by atoms with van der Waals surface area (Å²) in [6.07, 6.45) is 0.339. The molecule has 2 N–H and O–H groups in total. The smallest absolute Gasteiger partial charge is 0.434 e. The van der Waals surface area contributed by atoms with Crippen molar-refractivity contribution in [1.29, 1.82) is 0 Å². The number of thiazole rings is 1. The maximum atomic E-state index is 12.6. The van der Waals surface area contributed by atoms with E-state index in [0.29, 0.717) is 23.3 Å². The van der Waals surface area contributed by atoms with Gasteiger partial charge in [-0.3, -0.25) is 4.99 Å². The largest absolute Gasteiger partial charge is 0.493 e. The molecule has 31 heavy (non-hydrogen) atoms. The van der Waals surface area contributed by atoms with Crippen LogP contribution in [0.15, 0.2) is 28.6 Å². The van der Waals surface area contributed by atoms with Crippen LogP contribution < -0.4 is 20.1 Å². The minimum Gasteiger partial charge on any atom is -0.493 e. The van der Waals surface area contributed by atoms with Crippen molar-refractivity contribution < 1.29 is 22.6 Å². The third kappa shape index (κ3) is 7.41. The van der Waals surface area contributed by atoms with Crippen molar-refractivity contribution in [3.63, 3.8) is 0 Å². The third-order valence-corrected chi connectivity index (χ3v) is 5.61. The molecule has 172 valence electrons. The van der Waals surface area contributed by atoms with Crippen LogP contribution in [-0.2, 0) is 19.3 Å². The minimum atomic E-state index is -4.43. The highest BCUT2D eigenvalue weighted by Gasteiger charge is 2.33. The van der Waals surface area contributed by atoms with Gasteiger partial charge >= 0.3 is 6.18 Å². The van der Waals surface area contributed by atoms with Crippen molar-refractivity contribution in [2.24, 2.45) is 4.99 Å². The fraction of sp³-hybridized carbons (Fsp3) is 0.500. The highest BCUT2D eigenvalue weighted by molar-refractivity contribution is 14.0. The van der Waals surface area contributed by atoms with Gasteiger partial charge in [-0.2, -0.15) is 13.2 Å². The SMILES string of the molecule is CN=C(NCc1ccc(OC2CCCC2)c(OC)c1)NCc1nc(C(F)(F)F)cs1.I. The minimum absolute atomic E-state index is 0. The Labute approximate surface area is 200 Å². The van der Waals surface area contributed by atoms with Crippen molar-refractivity contribution >= 4 is 41.3 Å². The highest BCUT2D eigenvalue weighted by atomic mass is 127. The summed E-state index contributed by atoms with van der Waals surface area (Å²) < 4.78 is 49.5. The molecule has 0 bridgehead atoms. The summed E-state index contributed by atoms with van der Waals surface area (Å²) in [6.45, 7) is 0.614. The van der Waals surface area contributed by atoms with E-state index in [4.69, 9.17) is 9.47 Å². The second kappa shape index (κ2) is 11.7. The van der Waals surface area contributed by atoms with E-state index in [9.17, 15) is 13.2 Å². The molecule has 0 spiro atoms. The fourth-order valence-electron chi connectivity index (χ4n) is 3.19. The van der Waals surface area contributed by atoms with Crippen LogP contribution in [0.25, 0.3) is 0 Å². The molecule has 0 amide bonds. The number of guanidine groups is 1. The molecule has 1 fully saturated rings. The summed E-state index contributed by atoms with van der Waals surface area (Å²) >= 11 is 0.956. The van der Waals surface area contributed by atoms with E-state index >= 15 is 0 Å². The van der Waals surface area contributed by atoms with E-state index in [1.807, 2.05) is 18.2 Å². The summed E-state index contributed by atoms with van der Waals surface area (Å²) in [5, 5.41) is 7.45. The number of benzene rings is 1. The number of nitrogens with zero attached hydrogens (tertiary/aromatic N) is 2. The molecule has 1 heterocycles. The van der Waals surface area contributed by atoms with Crippen LogP contribution in [0.4, 0.5) is 13.2 Å². The first-order chi connectivity index (χ1) is 14.4. The lowest BCUT2D eigenvalue weighted by atomic mass is 10.2. The number of alkyl halides is 3. The third-order valence-electron chi connectivity index (χ3n) is 4.76. The van der Waals surface area contributed by atoms with Crippen LogP contribution in [0, 0.1) is 0 Å². The molecule has 0 radical (unpaired) electrons. The summed E-state index contributed by atoms with van der Waals surface area (Å²) in [6, 6.07) is 5.75. The normalized spacial score (nSPS) is 14.8. The van der Waals surface area contributed by atoms with Gasteiger partial charge in [0.15, 0.2) is 23.2 Å². The lowest BCUT2D eigenvalue weighted by Crippen LogP contribution is -2.36. The first-order valence-corrected chi connectivity index (χ1v) is 10.6. The standard InChI is InChI=1S/C20H25F3N4O2S.HI/c1-24-19(26-11-18-27-17(12-30-18)20(21,22)23)25-10-13-7-8-15(16(9-13)28-2)29-14-5-3-4-6-14;/h7-9,12,14H,3-6,10-11H2,1-2H3,(H2,24,25,26);1H. The fourth-order valence-corrected chi connectivity index (χ4v) is 3.93. The Morgan fingerprint density at radius 2 is 1.90 bits per heavy atom. The zero-order valence-electron chi connectivity index (χ0n) is 17.3. The average molecular weight is 570 g/mol. The van der Waals surface area contributed by atoms with E-state index < -0.39 is 11.9 Å². The van der Waals surface area contributed by atoms with Crippen LogP contribution in [0.3, 0.4) is 0 Å². The number of ether oxygens (including phenoxy) is 2. The molecular formula is C20H26F3IN4O2S. The first-order valence-electron chi connectivity index (χ1n) is 9.68. The topological polar surface area (TPSA) is 67.8 Å². The molecule has 2 aromatic rings. The Morgan fingerprint density at radius 3 is 2.52 bits per heavy atom. The van der Waals surface area contributed by atoms with Crippen LogP contribution in [0.1, 0.15) is 41.9 Å². The van der Waals surface area contributed by atoms with Gasteiger partial charge in [0.1, 0.15) is 5.01 Å². The molecule has 3 rings (SSSR count). The lowest BCUT2D eigenvalue weighted by Gasteiger charge is -2.17. The number of hydrogen-bond donors (Lipinski definition) is 2. The van der Waals surface area contributed by atoms with E-state index in [1.54, 1.807) is 14.2 Å². The van der Waals surface area contributed by atoms with Gasteiger partial charge in [-0.25, -0.2) is 4.98 Å². The van der Waals surface area contributed by atoms with Crippen molar-refractivity contribution in [3.8, 4) is 11.5 Å². The summed E-state index contributed by atoms with van der Waals surface area (Å²) in [4.78, 5) is 7.69. The van der Waals surface area contributed by atoms with Gasteiger partial charge in [0.25, 0.3) is 0 Å². The number of aliphatic imine (C=N–C) groups is 1. The van der Waals surface area contributed by atoms with Crippen molar-refractivity contribution in [3.05, 3.63) is 39.8 Å². The monoisotopic (exact) mass is 570 g/mol. The van der Waals surface area contributed by atoms with Gasteiger partial charge in [-0.15, -0.1) is 35.3 Å². The molecule has 1 aliphatic carbocycles. The van der Waals surface area contributed by atoms with Gasteiger partial charge in [0.2, 0.25) is 0 Å². The Bertz CT molecular complexity index is 870. The Hall–Kier alpha value is -1.76. The maximum absolute atomic E-state index is 12.6. The van der Waals surface area contributed by atoms with Gasteiger partial charge in [-0.05, 0) is 43.4 Å². The zero-order valence-corrected chi connectivity index (χ0v) is 20.4. The Morgan fingerprint density at radius 1 is 1.19 bits per heavy atom. The number of aromatic nitrogens is 1. The lowest BCUT2D eigenvalue weighted by molar-refractivity contribution is -0.140. The zero-order chi connectivity index (χ0) is 21.6. The number of hydrogen-bond acceptors (Lipinski definition) is 5. The summed E-state index contributed by atoms with van der Waals surface area (Å²) in [5.74, 6) is 1.87. The number of nitrogens with one attached hydrogen (secondary N) is 2. The van der Waals surface area contributed by atoms with Crippen LogP contribution in [-0.4, -0.2) is 31.2 Å². The van der Waals surface area contributed by atoms with E-state index in [1.165, 1.54) is 12.8 Å². The second-order valence-corrected chi connectivity index (χ2v) is 7.86. The molecule has 0 atom stereocenters. The van der Waals surface area contributed by atoms with Crippen molar-refractivity contribution in [1.82, 2.24) is 15.6 Å². The Kier molecular flexibility index (Phi) is 9.66. The highest BCUT2D eigenvalue weighted by Crippen LogP contribution is 2.32. The molecule has 6 nitrogen and oxygen atoms in total. The van der Waals surface area contributed by atoms with Crippen molar-refractivity contribution in [2.75, 3.05) is 14.2 Å². The summed E-state index contributed by atoms with van der Waals surface area (Å²) in [5.41, 5.74) is 0.0847. The molecule has 1 aromatic heterocycles. The molecule has 0 aliphatic heterocycles. The van der Waals surface area contributed by atoms with Gasteiger partial charge < -0.3 is 20.1 Å². The molecule has 0 unspecified atom stereocenters.